The summed E-state index contributed by atoms with van der Waals surface area (Å²) in [6.07, 6.45) is 0.314. The second-order valence-corrected chi connectivity index (χ2v) is 11.0. The molecule has 0 radical (unpaired) electrons. The van der Waals surface area contributed by atoms with Crippen LogP contribution in [0.2, 0.25) is 10.0 Å². The first-order valence-electron chi connectivity index (χ1n) is 11.8. The Hall–Kier alpha value is -3.27. The fourth-order valence-corrected chi connectivity index (χ4v) is 5.95. The standard InChI is InChI=1S/C27H29Cl2N3O5S/c1-4-24(27(34)30-2)31(17-19-10-13-21(37-3)14-11-19)26(33)18-32(25-15-12-20(28)16-23(25)29)38(35,36)22-8-6-5-7-9-22/h5-16,24H,4,17-18H2,1-3H3,(H,30,34)/t24-/m1/s1. The first-order chi connectivity index (χ1) is 18.1. The molecule has 0 aliphatic heterocycles. The van der Waals surface area contributed by atoms with E-state index in [9.17, 15) is 18.0 Å². The Kier molecular flexibility index (Phi) is 10.0. The molecule has 0 heterocycles. The molecule has 0 aromatic heterocycles. The number of methoxy groups -OCH3 is 1. The molecule has 0 unspecified atom stereocenters. The molecule has 0 saturated carbocycles. The van der Waals surface area contributed by atoms with Crippen molar-refractivity contribution in [3.05, 3.63) is 88.4 Å². The smallest absolute Gasteiger partial charge is 0.264 e. The van der Waals surface area contributed by atoms with E-state index in [0.717, 1.165) is 9.87 Å². The quantitative estimate of drug-likeness (QED) is 0.354. The summed E-state index contributed by atoms with van der Waals surface area (Å²) < 4.78 is 33.7. The fourth-order valence-electron chi connectivity index (χ4n) is 3.93. The van der Waals surface area contributed by atoms with Gasteiger partial charge in [0.25, 0.3) is 10.0 Å². The van der Waals surface area contributed by atoms with Gasteiger partial charge in [-0.05, 0) is 54.4 Å². The van der Waals surface area contributed by atoms with Crippen LogP contribution in [0, 0.1) is 0 Å². The number of rotatable bonds is 11. The first kappa shape index (κ1) is 29.3. The fraction of sp³-hybridized carbons (Fsp3) is 0.259. The maximum Gasteiger partial charge on any atom is 0.264 e. The van der Waals surface area contributed by atoms with Gasteiger partial charge < -0.3 is 15.0 Å². The number of likely N-dealkylation sites (N-methyl/N-ethyl adjacent to an activating group) is 1. The monoisotopic (exact) mass is 577 g/mol. The van der Waals surface area contributed by atoms with E-state index < -0.39 is 28.5 Å². The summed E-state index contributed by atoms with van der Waals surface area (Å²) in [6, 6.07) is 18.3. The molecule has 2 amide bonds. The zero-order chi connectivity index (χ0) is 27.9. The highest BCUT2D eigenvalue weighted by atomic mass is 35.5. The van der Waals surface area contributed by atoms with Crippen LogP contribution in [-0.4, -0.2) is 51.9 Å². The Morgan fingerprint density at radius 3 is 2.21 bits per heavy atom. The molecular formula is C27H29Cl2N3O5S. The number of hydrogen-bond donors (Lipinski definition) is 1. The third-order valence-corrected chi connectivity index (χ3v) is 8.24. The van der Waals surface area contributed by atoms with Crippen LogP contribution in [0.3, 0.4) is 0 Å². The molecule has 8 nitrogen and oxygen atoms in total. The summed E-state index contributed by atoms with van der Waals surface area (Å²) >= 11 is 12.5. The Bertz CT molecular complexity index is 1370. The average Bonchev–Trinajstić information content (AvgIpc) is 2.92. The third kappa shape index (κ3) is 6.78. The van der Waals surface area contributed by atoms with Gasteiger partial charge in [-0.1, -0.05) is 60.5 Å². The number of sulfonamides is 1. The lowest BCUT2D eigenvalue weighted by Gasteiger charge is -2.33. The van der Waals surface area contributed by atoms with Crippen molar-refractivity contribution in [2.45, 2.75) is 30.8 Å². The van der Waals surface area contributed by atoms with E-state index in [1.807, 2.05) is 0 Å². The lowest BCUT2D eigenvalue weighted by atomic mass is 10.1. The lowest BCUT2D eigenvalue weighted by molar-refractivity contribution is -0.140. The molecule has 3 aromatic carbocycles. The van der Waals surface area contributed by atoms with Crippen LogP contribution in [0.25, 0.3) is 0 Å². The molecule has 1 N–H and O–H groups in total. The Balaban J connectivity index is 2.07. The number of nitrogens with zero attached hydrogens (tertiary/aromatic N) is 2. The number of carbonyl (C=O) groups excluding carboxylic acids is 2. The highest BCUT2D eigenvalue weighted by molar-refractivity contribution is 7.92. The zero-order valence-electron chi connectivity index (χ0n) is 21.2. The van der Waals surface area contributed by atoms with E-state index >= 15 is 0 Å². The van der Waals surface area contributed by atoms with Gasteiger partial charge in [0.05, 0.1) is 22.7 Å². The highest BCUT2D eigenvalue weighted by Crippen LogP contribution is 2.33. The van der Waals surface area contributed by atoms with Gasteiger partial charge in [0, 0.05) is 18.6 Å². The number of amides is 2. The minimum atomic E-state index is -4.22. The normalized spacial score (nSPS) is 11.9. The zero-order valence-corrected chi connectivity index (χ0v) is 23.6. The molecule has 1 atom stereocenters. The SMILES string of the molecule is CC[C@H](C(=O)NC)N(Cc1ccc(OC)cc1)C(=O)CN(c1ccc(Cl)cc1Cl)S(=O)(=O)c1ccccc1. The van der Waals surface area contributed by atoms with Crippen LogP contribution in [0.15, 0.2) is 77.7 Å². The van der Waals surface area contributed by atoms with E-state index in [-0.39, 0.29) is 28.1 Å². The third-order valence-electron chi connectivity index (χ3n) is 5.93. The maximum absolute atomic E-state index is 13.9. The summed E-state index contributed by atoms with van der Waals surface area (Å²) in [6.45, 7) is 1.26. The number of halogens is 2. The van der Waals surface area contributed by atoms with E-state index in [2.05, 4.69) is 5.32 Å². The molecule has 0 fully saturated rings. The first-order valence-corrected chi connectivity index (χ1v) is 14.0. The summed E-state index contributed by atoms with van der Waals surface area (Å²) in [5.74, 6) is -0.305. The molecule has 0 bridgehead atoms. The van der Waals surface area contributed by atoms with Gasteiger partial charge in [-0.15, -0.1) is 0 Å². The van der Waals surface area contributed by atoms with Gasteiger partial charge in [-0.3, -0.25) is 13.9 Å². The van der Waals surface area contributed by atoms with Crippen LogP contribution in [-0.2, 0) is 26.2 Å². The second kappa shape index (κ2) is 13.0. The topological polar surface area (TPSA) is 96.0 Å². The van der Waals surface area contributed by atoms with Crippen molar-refractivity contribution in [3.8, 4) is 5.75 Å². The molecule has 3 rings (SSSR count). The summed E-state index contributed by atoms with van der Waals surface area (Å²) in [5.41, 5.74) is 0.828. The van der Waals surface area contributed by atoms with Crippen LogP contribution in [0.5, 0.6) is 5.75 Å². The van der Waals surface area contributed by atoms with Crippen molar-refractivity contribution >= 4 is 50.7 Å². The number of ether oxygens (including phenoxy) is 1. The van der Waals surface area contributed by atoms with E-state index in [0.29, 0.717) is 17.2 Å². The molecule has 202 valence electrons. The predicted octanol–water partition coefficient (Wildman–Crippen LogP) is 4.75. The van der Waals surface area contributed by atoms with Gasteiger partial charge in [0.1, 0.15) is 18.3 Å². The molecule has 0 aliphatic carbocycles. The van der Waals surface area contributed by atoms with Crippen LogP contribution in [0.1, 0.15) is 18.9 Å². The van der Waals surface area contributed by atoms with Crippen LogP contribution < -0.4 is 14.4 Å². The van der Waals surface area contributed by atoms with Gasteiger partial charge in [-0.25, -0.2) is 8.42 Å². The Morgan fingerprint density at radius 1 is 1.00 bits per heavy atom. The maximum atomic E-state index is 13.9. The molecule has 0 saturated heterocycles. The number of nitrogens with one attached hydrogen (secondary N) is 1. The molecular weight excluding hydrogens is 549 g/mol. The van der Waals surface area contributed by atoms with Gasteiger partial charge in [0.15, 0.2) is 0 Å². The van der Waals surface area contributed by atoms with E-state index in [1.54, 1.807) is 56.5 Å². The van der Waals surface area contributed by atoms with Crippen molar-refractivity contribution < 1.29 is 22.7 Å². The Labute approximate surface area is 233 Å². The van der Waals surface area contributed by atoms with Crippen molar-refractivity contribution in [1.29, 1.82) is 0 Å². The van der Waals surface area contributed by atoms with Gasteiger partial charge in [0.2, 0.25) is 11.8 Å². The lowest BCUT2D eigenvalue weighted by Crippen LogP contribution is -2.51. The van der Waals surface area contributed by atoms with Crippen molar-refractivity contribution in [3.63, 3.8) is 0 Å². The van der Waals surface area contributed by atoms with Gasteiger partial charge >= 0.3 is 0 Å². The molecule has 0 spiro atoms. The average molecular weight is 579 g/mol. The van der Waals surface area contributed by atoms with Crippen molar-refractivity contribution in [2.75, 3.05) is 25.0 Å². The summed E-state index contributed by atoms with van der Waals surface area (Å²) in [4.78, 5) is 28.0. The minimum absolute atomic E-state index is 0.0149. The molecule has 3 aromatic rings. The van der Waals surface area contributed by atoms with Gasteiger partial charge in [-0.2, -0.15) is 0 Å². The molecule has 0 aliphatic rings. The second-order valence-electron chi connectivity index (χ2n) is 8.33. The summed E-state index contributed by atoms with van der Waals surface area (Å²) in [7, 11) is -1.18. The number of hydrogen-bond acceptors (Lipinski definition) is 5. The minimum Gasteiger partial charge on any atom is -0.497 e. The number of carbonyl (C=O) groups is 2. The van der Waals surface area contributed by atoms with Crippen LogP contribution >= 0.6 is 23.2 Å². The molecule has 11 heteroatoms. The van der Waals surface area contributed by atoms with E-state index in [1.165, 1.54) is 42.3 Å². The van der Waals surface area contributed by atoms with Crippen molar-refractivity contribution in [1.82, 2.24) is 10.2 Å². The predicted molar refractivity (Wildman–Crippen MR) is 149 cm³/mol. The molecule has 38 heavy (non-hydrogen) atoms. The Morgan fingerprint density at radius 2 is 1.66 bits per heavy atom. The number of benzene rings is 3. The highest BCUT2D eigenvalue weighted by Gasteiger charge is 2.34. The van der Waals surface area contributed by atoms with E-state index in [4.69, 9.17) is 27.9 Å². The summed E-state index contributed by atoms with van der Waals surface area (Å²) in [5, 5.41) is 2.97. The van der Waals surface area contributed by atoms with Crippen molar-refractivity contribution in [2.24, 2.45) is 0 Å². The number of anilines is 1. The largest absolute Gasteiger partial charge is 0.497 e. The van der Waals surface area contributed by atoms with Crippen LogP contribution in [0.4, 0.5) is 5.69 Å².